The van der Waals surface area contributed by atoms with E-state index in [1.165, 1.54) is 5.57 Å². The van der Waals surface area contributed by atoms with Gasteiger partial charge in [-0.25, -0.2) is 0 Å². The average Bonchev–Trinajstić information content (AvgIpc) is 2.78. The topological polar surface area (TPSA) is 30.5 Å². The van der Waals surface area contributed by atoms with Crippen molar-refractivity contribution in [1.29, 1.82) is 0 Å². The third-order valence-corrected chi connectivity index (χ3v) is 5.41. The summed E-state index contributed by atoms with van der Waals surface area (Å²) in [4.78, 5) is 0. The maximum Gasteiger partial charge on any atom is 0.124 e. The molecule has 0 saturated heterocycles. The highest BCUT2D eigenvalue weighted by Crippen LogP contribution is 2.31. The summed E-state index contributed by atoms with van der Waals surface area (Å²) in [6.45, 7) is 6.71. The fraction of sp³-hybridized carbons (Fsp3) is 0.385. The van der Waals surface area contributed by atoms with E-state index in [4.69, 9.17) is 9.47 Å². The monoisotopic (exact) mass is 393 g/mol. The van der Waals surface area contributed by atoms with Gasteiger partial charge in [0.15, 0.2) is 0 Å². The summed E-state index contributed by atoms with van der Waals surface area (Å²) in [6.07, 6.45) is 8.73. The summed E-state index contributed by atoms with van der Waals surface area (Å²) in [7, 11) is 3.41. The molecule has 2 aromatic rings. The molecule has 156 valence electrons. The minimum Gasteiger partial charge on any atom is -0.497 e. The molecule has 2 rings (SSSR count). The summed E-state index contributed by atoms with van der Waals surface area (Å²) in [5.74, 6) is 1.76. The summed E-state index contributed by atoms with van der Waals surface area (Å²) in [5, 5.41) is 3.66. The second-order valence-electron chi connectivity index (χ2n) is 7.17. The number of para-hydroxylation sites is 1. The highest BCUT2D eigenvalue weighted by molar-refractivity contribution is 5.50. The first-order chi connectivity index (χ1) is 14.1. The van der Waals surface area contributed by atoms with E-state index in [9.17, 15) is 0 Å². The minimum atomic E-state index is 0.122. The molecule has 0 amide bonds. The number of rotatable bonds is 11. The van der Waals surface area contributed by atoms with Gasteiger partial charge in [0.1, 0.15) is 11.5 Å². The maximum atomic E-state index is 5.62. The van der Waals surface area contributed by atoms with Crippen LogP contribution >= 0.6 is 0 Å². The zero-order valence-electron chi connectivity index (χ0n) is 18.5. The van der Waals surface area contributed by atoms with E-state index < -0.39 is 0 Å². The van der Waals surface area contributed by atoms with Crippen molar-refractivity contribution >= 4 is 5.69 Å². The van der Waals surface area contributed by atoms with E-state index >= 15 is 0 Å². The van der Waals surface area contributed by atoms with Gasteiger partial charge in [-0.1, -0.05) is 55.3 Å². The van der Waals surface area contributed by atoms with Gasteiger partial charge in [0.2, 0.25) is 0 Å². The largest absolute Gasteiger partial charge is 0.497 e. The van der Waals surface area contributed by atoms with Gasteiger partial charge < -0.3 is 14.8 Å². The Hall–Kier alpha value is -2.68. The van der Waals surface area contributed by atoms with Crippen LogP contribution in [0.4, 0.5) is 5.69 Å². The van der Waals surface area contributed by atoms with Gasteiger partial charge in [-0.05, 0) is 62.9 Å². The first-order valence-electron chi connectivity index (χ1n) is 10.5. The molecule has 0 aliphatic heterocycles. The number of nitrogens with one attached hydrogen (secondary N) is 1. The predicted molar refractivity (Wildman–Crippen MR) is 124 cm³/mol. The molecule has 0 saturated carbocycles. The van der Waals surface area contributed by atoms with E-state index in [0.717, 1.165) is 48.4 Å². The molecule has 1 unspecified atom stereocenters. The second-order valence-corrected chi connectivity index (χ2v) is 7.17. The third-order valence-electron chi connectivity index (χ3n) is 5.41. The van der Waals surface area contributed by atoms with Crippen molar-refractivity contribution in [3.63, 3.8) is 0 Å². The van der Waals surface area contributed by atoms with Crippen molar-refractivity contribution in [2.24, 2.45) is 0 Å². The molecule has 0 aliphatic carbocycles. The van der Waals surface area contributed by atoms with Crippen LogP contribution in [0.15, 0.2) is 71.8 Å². The average molecular weight is 394 g/mol. The molecule has 0 radical (unpaired) electrons. The molecule has 0 spiro atoms. The minimum absolute atomic E-state index is 0.122. The van der Waals surface area contributed by atoms with Gasteiger partial charge in [-0.2, -0.15) is 0 Å². The Morgan fingerprint density at radius 2 is 1.66 bits per heavy atom. The Morgan fingerprint density at radius 3 is 2.28 bits per heavy atom. The van der Waals surface area contributed by atoms with Crippen LogP contribution in [-0.4, -0.2) is 14.2 Å². The zero-order chi connectivity index (χ0) is 21.1. The molecule has 0 fully saturated rings. The van der Waals surface area contributed by atoms with Gasteiger partial charge >= 0.3 is 0 Å². The van der Waals surface area contributed by atoms with E-state index in [2.05, 4.69) is 50.4 Å². The second kappa shape index (κ2) is 12.0. The molecule has 3 nitrogen and oxygen atoms in total. The van der Waals surface area contributed by atoms with Crippen LogP contribution in [0.3, 0.4) is 0 Å². The molecule has 3 heteroatoms. The van der Waals surface area contributed by atoms with Crippen LogP contribution < -0.4 is 14.8 Å². The third kappa shape index (κ3) is 6.70. The molecule has 0 aliphatic rings. The Morgan fingerprint density at radius 1 is 0.931 bits per heavy atom. The molecule has 0 heterocycles. The zero-order valence-corrected chi connectivity index (χ0v) is 18.5. The van der Waals surface area contributed by atoms with Crippen LogP contribution in [0.25, 0.3) is 0 Å². The van der Waals surface area contributed by atoms with Crippen LogP contribution in [0, 0.1) is 0 Å². The van der Waals surface area contributed by atoms with Crippen molar-refractivity contribution < 1.29 is 9.47 Å². The SMILES string of the molecule is CC/C(C)=C(\CC)C/C=C/CC(Nc1ccc(OC)cc1)c1ccccc1OC. The Labute approximate surface area is 176 Å². The lowest BCUT2D eigenvalue weighted by Crippen LogP contribution is -2.11. The van der Waals surface area contributed by atoms with Crippen molar-refractivity contribution in [2.75, 3.05) is 19.5 Å². The lowest BCUT2D eigenvalue weighted by molar-refractivity contribution is 0.407. The highest BCUT2D eigenvalue weighted by atomic mass is 16.5. The molecular weight excluding hydrogens is 358 g/mol. The lowest BCUT2D eigenvalue weighted by Gasteiger charge is -2.21. The number of benzene rings is 2. The van der Waals surface area contributed by atoms with E-state index in [0.29, 0.717) is 0 Å². The van der Waals surface area contributed by atoms with Crippen LogP contribution in [0.1, 0.15) is 58.1 Å². The van der Waals surface area contributed by atoms with Crippen LogP contribution in [0.2, 0.25) is 0 Å². The number of allylic oxidation sites excluding steroid dienone is 3. The van der Waals surface area contributed by atoms with Crippen LogP contribution in [0.5, 0.6) is 11.5 Å². The molecule has 0 aromatic heterocycles. The Bertz CT molecular complexity index is 806. The number of anilines is 1. The Kier molecular flexibility index (Phi) is 9.36. The van der Waals surface area contributed by atoms with Gasteiger partial charge in [-0.3, -0.25) is 0 Å². The van der Waals surface area contributed by atoms with E-state index in [-0.39, 0.29) is 6.04 Å². The summed E-state index contributed by atoms with van der Waals surface area (Å²) < 4.78 is 10.9. The summed E-state index contributed by atoms with van der Waals surface area (Å²) in [5.41, 5.74) is 5.27. The number of hydrogen-bond donors (Lipinski definition) is 1. The molecule has 29 heavy (non-hydrogen) atoms. The number of ether oxygens (including phenoxy) is 2. The van der Waals surface area contributed by atoms with Crippen molar-refractivity contribution in [3.05, 3.63) is 77.4 Å². The predicted octanol–water partition coefficient (Wildman–Crippen LogP) is 7.33. The number of hydrogen-bond acceptors (Lipinski definition) is 3. The summed E-state index contributed by atoms with van der Waals surface area (Å²) >= 11 is 0. The van der Waals surface area contributed by atoms with Gasteiger partial charge in [0.25, 0.3) is 0 Å². The lowest BCUT2D eigenvalue weighted by atomic mass is 9.99. The normalized spacial score (nSPS) is 13.1. The molecule has 1 atom stereocenters. The van der Waals surface area contributed by atoms with Gasteiger partial charge in [0, 0.05) is 11.3 Å². The first-order valence-corrected chi connectivity index (χ1v) is 10.5. The van der Waals surface area contributed by atoms with Gasteiger partial charge in [0.05, 0.1) is 20.3 Å². The fourth-order valence-corrected chi connectivity index (χ4v) is 3.43. The molecule has 1 N–H and O–H groups in total. The summed E-state index contributed by atoms with van der Waals surface area (Å²) in [6, 6.07) is 16.4. The first kappa shape index (κ1) is 22.6. The smallest absolute Gasteiger partial charge is 0.124 e. The molecule has 2 aromatic carbocycles. The number of methoxy groups -OCH3 is 2. The van der Waals surface area contributed by atoms with Crippen molar-refractivity contribution in [1.82, 2.24) is 0 Å². The van der Waals surface area contributed by atoms with E-state index in [1.807, 2.05) is 36.4 Å². The highest BCUT2D eigenvalue weighted by Gasteiger charge is 2.14. The van der Waals surface area contributed by atoms with E-state index in [1.54, 1.807) is 19.8 Å². The molecular formula is C26H35NO2. The maximum absolute atomic E-state index is 5.62. The van der Waals surface area contributed by atoms with Crippen molar-refractivity contribution in [3.8, 4) is 11.5 Å². The quantitative estimate of drug-likeness (QED) is 0.405. The van der Waals surface area contributed by atoms with Gasteiger partial charge in [-0.15, -0.1) is 0 Å². The Balaban J connectivity index is 2.19. The fourth-order valence-electron chi connectivity index (χ4n) is 3.43. The van der Waals surface area contributed by atoms with Crippen LogP contribution in [-0.2, 0) is 0 Å². The molecule has 0 bridgehead atoms. The standard InChI is InChI=1S/C26H35NO2/c1-6-20(3)21(7-2)12-8-10-14-25(24-13-9-11-15-26(24)29-5)27-22-16-18-23(28-4)19-17-22/h8-11,13,15-19,25,27H,6-7,12,14H2,1-5H3/b10-8+,21-20+. The van der Waals surface area contributed by atoms with Crippen molar-refractivity contribution in [2.45, 2.75) is 52.5 Å².